The Morgan fingerprint density at radius 1 is 1.56 bits per heavy atom. The van der Waals surface area contributed by atoms with E-state index in [0.29, 0.717) is 19.5 Å². The maximum atomic E-state index is 13.0. The molecule has 0 fully saturated rings. The monoisotopic (exact) mass is 227 g/mol. The van der Waals surface area contributed by atoms with Crippen molar-refractivity contribution >= 4 is 11.4 Å². The molecule has 0 amide bonds. The third-order valence-corrected chi connectivity index (χ3v) is 2.24. The maximum Gasteiger partial charge on any atom is 0.292 e. The second kappa shape index (κ2) is 5.41. The molecule has 6 heteroatoms. The molecular formula is C10H14FN3O2. The van der Waals surface area contributed by atoms with Crippen LogP contribution < -0.4 is 10.6 Å². The van der Waals surface area contributed by atoms with E-state index in [4.69, 9.17) is 5.73 Å². The highest BCUT2D eigenvalue weighted by atomic mass is 19.1. The van der Waals surface area contributed by atoms with Gasteiger partial charge in [-0.1, -0.05) is 0 Å². The average molecular weight is 227 g/mol. The molecule has 5 nitrogen and oxygen atoms in total. The molecule has 0 heterocycles. The van der Waals surface area contributed by atoms with Gasteiger partial charge in [0.05, 0.1) is 4.92 Å². The van der Waals surface area contributed by atoms with Crippen LogP contribution in [0.3, 0.4) is 0 Å². The van der Waals surface area contributed by atoms with E-state index < -0.39 is 10.7 Å². The average Bonchev–Trinajstić information content (AvgIpc) is 2.25. The van der Waals surface area contributed by atoms with Crippen molar-refractivity contribution in [1.29, 1.82) is 0 Å². The molecule has 0 aliphatic carbocycles. The normalized spacial score (nSPS) is 10.2. The smallest absolute Gasteiger partial charge is 0.292 e. The fourth-order valence-electron chi connectivity index (χ4n) is 1.41. The zero-order chi connectivity index (χ0) is 12.1. The predicted octanol–water partition coefficient (Wildman–Crippen LogP) is 1.52. The van der Waals surface area contributed by atoms with Crippen molar-refractivity contribution in [3.8, 4) is 0 Å². The Bertz CT molecular complexity index is 384. The topological polar surface area (TPSA) is 72.4 Å². The van der Waals surface area contributed by atoms with E-state index in [1.165, 1.54) is 6.07 Å². The fraction of sp³-hybridized carbons (Fsp3) is 0.400. The van der Waals surface area contributed by atoms with Gasteiger partial charge in [-0.15, -0.1) is 0 Å². The maximum absolute atomic E-state index is 13.0. The standard InChI is InChI=1S/C10H14FN3O2/c1-13(6-2-5-12)10-7-8(11)3-4-9(10)14(15)16/h3-4,7H,2,5-6,12H2,1H3. The Kier molecular flexibility index (Phi) is 4.19. The van der Waals surface area contributed by atoms with Crippen molar-refractivity contribution in [3.63, 3.8) is 0 Å². The lowest BCUT2D eigenvalue weighted by Gasteiger charge is -2.18. The van der Waals surface area contributed by atoms with Gasteiger partial charge in [-0.2, -0.15) is 0 Å². The number of nitro benzene ring substituents is 1. The Balaban J connectivity index is 2.99. The van der Waals surface area contributed by atoms with E-state index in [1.54, 1.807) is 11.9 Å². The summed E-state index contributed by atoms with van der Waals surface area (Å²) in [7, 11) is 1.68. The van der Waals surface area contributed by atoms with Gasteiger partial charge in [-0.3, -0.25) is 10.1 Å². The van der Waals surface area contributed by atoms with Gasteiger partial charge < -0.3 is 10.6 Å². The van der Waals surface area contributed by atoms with Crippen molar-refractivity contribution < 1.29 is 9.31 Å². The quantitative estimate of drug-likeness (QED) is 0.611. The molecule has 1 rings (SSSR count). The fourth-order valence-corrected chi connectivity index (χ4v) is 1.41. The van der Waals surface area contributed by atoms with Crippen LogP contribution in [-0.2, 0) is 0 Å². The highest BCUT2D eigenvalue weighted by Gasteiger charge is 2.17. The lowest BCUT2D eigenvalue weighted by atomic mass is 10.2. The highest BCUT2D eigenvalue weighted by Crippen LogP contribution is 2.27. The van der Waals surface area contributed by atoms with Crippen LogP contribution in [0.5, 0.6) is 0 Å². The molecule has 0 radical (unpaired) electrons. The summed E-state index contributed by atoms with van der Waals surface area (Å²) in [5, 5.41) is 10.7. The molecule has 0 aromatic heterocycles. The number of benzene rings is 1. The first-order valence-electron chi connectivity index (χ1n) is 4.91. The zero-order valence-electron chi connectivity index (χ0n) is 9.02. The third-order valence-electron chi connectivity index (χ3n) is 2.24. The second-order valence-corrected chi connectivity index (χ2v) is 3.45. The van der Waals surface area contributed by atoms with Gasteiger partial charge in [-0.25, -0.2) is 4.39 Å². The van der Waals surface area contributed by atoms with Gasteiger partial charge in [0.2, 0.25) is 0 Å². The van der Waals surface area contributed by atoms with Gasteiger partial charge in [0.25, 0.3) is 5.69 Å². The SMILES string of the molecule is CN(CCCN)c1cc(F)ccc1[N+](=O)[O-]. The predicted molar refractivity (Wildman–Crippen MR) is 60.0 cm³/mol. The largest absolute Gasteiger partial charge is 0.369 e. The molecule has 0 saturated carbocycles. The number of nitro groups is 1. The lowest BCUT2D eigenvalue weighted by Crippen LogP contribution is -2.22. The summed E-state index contributed by atoms with van der Waals surface area (Å²) in [6.07, 6.45) is 0.699. The van der Waals surface area contributed by atoms with E-state index in [2.05, 4.69) is 0 Å². The van der Waals surface area contributed by atoms with E-state index in [9.17, 15) is 14.5 Å². The molecule has 1 aromatic carbocycles. The zero-order valence-corrected chi connectivity index (χ0v) is 9.02. The molecule has 0 spiro atoms. The van der Waals surface area contributed by atoms with E-state index in [-0.39, 0.29) is 11.4 Å². The van der Waals surface area contributed by atoms with Crippen LogP contribution in [0.25, 0.3) is 0 Å². The second-order valence-electron chi connectivity index (χ2n) is 3.45. The Hall–Kier alpha value is -1.69. The van der Waals surface area contributed by atoms with Crippen LogP contribution in [0.15, 0.2) is 18.2 Å². The van der Waals surface area contributed by atoms with Crippen LogP contribution in [0.4, 0.5) is 15.8 Å². The lowest BCUT2D eigenvalue weighted by molar-refractivity contribution is -0.384. The summed E-state index contributed by atoms with van der Waals surface area (Å²) in [4.78, 5) is 11.9. The Labute approximate surface area is 92.8 Å². The minimum absolute atomic E-state index is 0.0964. The summed E-state index contributed by atoms with van der Waals surface area (Å²) >= 11 is 0. The number of rotatable bonds is 5. The Morgan fingerprint density at radius 3 is 2.81 bits per heavy atom. The van der Waals surface area contributed by atoms with Crippen molar-refractivity contribution in [3.05, 3.63) is 34.1 Å². The van der Waals surface area contributed by atoms with Crippen molar-refractivity contribution in [2.75, 3.05) is 25.0 Å². The molecule has 0 aliphatic rings. The summed E-state index contributed by atoms with van der Waals surface area (Å²) in [5.41, 5.74) is 5.53. The molecule has 2 N–H and O–H groups in total. The van der Waals surface area contributed by atoms with Crippen LogP contribution in [0.2, 0.25) is 0 Å². The molecule has 0 saturated heterocycles. The summed E-state index contributed by atoms with van der Waals surface area (Å²) < 4.78 is 13.0. The Morgan fingerprint density at radius 2 is 2.25 bits per heavy atom. The van der Waals surface area contributed by atoms with E-state index in [1.807, 2.05) is 0 Å². The van der Waals surface area contributed by atoms with Crippen molar-refractivity contribution in [2.45, 2.75) is 6.42 Å². The number of anilines is 1. The summed E-state index contributed by atoms with van der Waals surface area (Å²) in [6, 6.07) is 3.41. The van der Waals surface area contributed by atoms with Crippen LogP contribution >= 0.6 is 0 Å². The molecule has 16 heavy (non-hydrogen) atoms. The number of nitrogens with zero attached hydrogens (tertiary/aromatic N) is 2. The first kappa shape index (κ1) is 12.4. The van der Waals surface area contributed by atoms with Gasteiger partial charge >= 0.3 is 0 Å². The van der Waals surface area contributed by atoms with Crippen molar-refractivity contribution in [2.24, 2.45) is 5.73 Å². The van der Waals surface area contributed by atoms with Gasteiger partial charge in [0, 0.05) is 25.7 Å². The highest BCUT2D eigenvalue weighted by molar-refractivity contribution is 5.62. The number of halogens is 1. The van der Waals surface area contributed by atoms with Gasteiger partial charge in [0.1, 0.15) is 11.5 Å². The first-order valence-corrected chi connectivity index (χ1v) is 4.91. The van der Waals surface area contributed by atoms with Crippen LogP contribution in [0, 0.1) is 15.9 Å². The number of hydrogen-bond acceptors (Lipinski definition) is 4. The number of nitrogens with two attached hydrogens (primary N) is 1. The molecule has 88 valence electrons. The van der Waals surface area contributed by atoms with Crippen LogP contribution in [0.1, 0.15) is 6.42 Å². The molecular weight excluding hydrogens is 213 g/mol. The van der Waals surface area contributed by atoms with Crippen molar-refractivity contribution in [1.82, 2.24) is 0 Å². The summed E-state index contributed by atoms with van der Waals surface area (Å²) in [6.45, 7) is 1.05. The summed E-state index contributed by atoms with van der Waals surface area (Å²) in [5.74, 6) is -0.486. The molecule has 0 aliphatic heterocycles. The minimum Gasteiger partial charge on any atom is -0.369 e. The van der Waals surface area contributed by atoms with Gasteiger partial charge in [0.15, 0.2) is 0 Å². The minimum atomic E-state index is -0.520. The van der Waals surface area contributed by atoms with Gasteiger partial charge in [-0.05, 0) is 19.0 Å². The molecule has 0 bridgehead atoms. The van der Waals surface area contributed by atoms with E-state index in [0.717, 1.165) is 12.1 Å². The molecule has 0 atom stereocenters. The molecule has 0 unspecified atom stereocenters. The number of hydrogen-bond donors (Lipinski definition) is 1. The van der Waals surface area contributed by atoms with Crippen LogP contribution in [-0.4, -0.2) is 25.1 Å². The first-order chi connectivity index (χ1) is 7.56. The van der Waals surface area contributed by atoms with E-state index >= 15 is 0 Å². The molecule has 1 aromatic rings. The third kappa shape index (κ3) is 2.90.